The van der Waals surface area contributed by atoms with Gasteiger partial charge in [-0.3, -0.25) is 0 Å². The van der Waals surface area contributed by atoms with Crippen molar-refractivity contribution in [2.24, 2.45) is 0 Å². The maximum absolute atomic E-state index is 9.25. The van der Waals surface area contributed by atoms with Crippen LogP contribution in [0.4, 0.5) is 11.4 Å². The van der Waals surface area contributed by atoms with Crippen molar-refractivity contribution >= 4 is 32.9 Å². The predicted octanol–water partition coefficient (Wildman–Crippen LogP) is 7.24. The van der Waals surface area contributed by atoms with Crippen LogP contribution in [0.1, 0.15) is 22.6 Å². The standard InChI is InChI=1S/C28H21NO/c1-30-21-13-16-23-20(17-21)12-15-25-26(19-8-3-2-4-9-19)24-14-11-18-7-5-6-10-22(18)27(24)29-28(23)25/h2-17,26,29H,1H3/i/hD. The summed E-state index contributed by atoms with van der Waals surface area (Å²) in [6, 6.07) is 33.7. The molecule has 2 heteroatoms. The molecule has 0 aliphatic carbocycles. The molecule has 0 amide bonds. The lowest BCUT2D eigenvalue weighted by Crippen LogP contribution is -2.15. The summed E-state index contributed by atoms with van der Waals surface area (Å²) in [6.45, 7) is 0. The van der Waals surface area contributed by atoms with Gasteiger partial charge in [-0.05, 0) is 45.7 Å². The van der Waals surface area contributed by atoms with Gasteiger partial charge >= 0.3 is 0 Å². The summed E-state index contributed by atoms with van der Waals surface area (Å²) < 4.78 is 14.7. The fraction of sp³-hybridized carbons (Fsp3) is 0.0714. The number of ether oxygens (including phenoxy) is 1. The minimum Gasteiger partial charge on any atom is -0.497 e. The molecule has 5 aromatic carbocycles. The number of benzene rings is 5. The van der Waals surface area contributed by atoms with E-state index in [1.807, 2.05) is 12.1 Å². The number of fused-ring (bicyclic) bond motifs is 6. The molecular weight excluding hydrogens is 366 g/mol. The highest BCUT2D eigenvalue weighted by atomic mass is 16.5. The van der Waals surface area contributed by atoms with Crippen LogP contribution in [-0.2, 0) is 0 Å². The fourth-order valence-corrected chi connectivity index (χ4v) is 4.71. The molecule has 1 heterocycles. The predicted molar refractivity (Wildman–Crippen MR) is 125 cm³/mol. The molecule has 1 N–H and O–H groups in total. The van der Waals surface area contributed by atoms with E-state index in [2.05, 4.69) is 84.9 Å². The average Bonchev–Trinajstić information content (AvgIpc) is 2.83. The molecule has 1 aliphatic heterocycles. The van der Waals surface area contributed by atoms with Crippen LogP contribution in [0.2, 0.25) is 1.41 Å². The number of nitrogens with one attached hydrogen (secondary N) is 1. The zero-order valence-electron chi connectivity index (χ0n) is 17.7. The monoisotopic (exact) mass is 388 g/mol. The van der Waals surface area contributed by atoms with E-state index >= 15 is 0 Å². The third kappa shape index (κ3) is 2.50. The van der Waals surface area contributed by atoms with E-state index in [1.165, 1.54) is 11.1 Å². The maximum Gasteiger partial charge on any atom is 0.167 e. The van der Waals surface area contributed by atoms with Gasteiger partial charge in [-0.25, -0.2) is 0 Å². The first-order chi connectivity index (χ1) is 15.3. The highest BCUT2D eigenvalue weighted by Crippen LogP contribution is 2.49. The molecule has 0 bridgehead atoms. The lowest BCUT2D eigenvalue weighted by molar-refractivity contribution is 0.415. The highest BCUT2D eigenvalue weighted by Gasteiger charge is 2.29. The second kappa shape index (κ2) is 6.64. The first-order valence-electron chi connectivity index (χ1n) is 10.7. The summed E-state index contributed by atoms with van der Waals surface area (Å²) in [5, 5.41) is 6.03. The minimum atomic E-state index is 0.0731. The Morgan fingerprint density at radius 2 is 1.37 bits per heavy atom. The van der Waals surface area contributed by atoms with Gasteiger partial charge < -0.3 is 10.0 Å². The summed E-state index contributed by atoms with van der Waals surface area (Å²) in [4.78, 5) is 0. The number of rotatable bonds is 2. The van der Waals surface area contributed by atoms with Crippen molar-refractivity contribution in [2.45, 2.75) is 5.92 Å². The van der Waals surface area contributed by atoms with Gasteiger partial charge in [-0.15, -0.1) is 0 Å². The fourth-order valence-electron chi connectivity index (χ4n) is 4.71. The van der Waals surface area contributed by atoms with Gasteiger partial charge in [0.1, 0.15) is 5.75 Å². The van der Waals surface area contributed by atoms with Crippen molar-refractivity contribution in [1.29, 1.82) is 0 Å². The smallest absolute Gasteiger partial charge is 0.167 e. The van der Waals surface area contributed by atoms with Gasteiger partial charge in [-0.2, -0.15) is 0 Å². The number of anilines is 2. The summed E-state index contributed by atoms with van der Waals surface area (Å²) >= 11 is 0. The lowest BCUT2D eigenvalue weighted by Gasteiger charge is -2.32. The molecule has 0 spiro atoms. The quantitative estimate of drug-likeness (QED) is 0.344. The first-order valence-corrected chi connectivity index (χ1v) is 10.2. The van der Waals surface area contributed by atoms with Crippen molar-refractivity contribution < 1.29 is 6.15 Å². The van der Waals surface area contributed by atoms with Crippen LogP contribution in [-0.4, -0.2) is 7.11 Å². The Morgan fingerprint density at radius 1 is 0.700 bits per heavy atom. The molecule has 5 aromatic rings. The molecule has 1 atom stereocenters. The molecule has 0 radical (unpaired) electrons. The Hall–Kier alpha value is -3.78. The van der Waals surface area contributed by atoms with Crippen molar-refractivity contribution in [3.63, 3.8) is 0 Å². The van der Waals surface area contributed by atoms with Crippen LogP contribution in [0.3, 0.4) is 0 Å². The Balaban J connectivity index is 1.72. The zero-order chi connectivity index (χ0) is 20.9. The van der Waals surface area contributed by atoms with Gasteiger partial charge in [0.2, 0.25) is 0 Å². The molecule has 30 heavy (non-hydrogen) atoms. The molecule has 1 aliphatic rings. The molecule has 1 unspecified atom stereocenters. The molecular formula is C28H21NO. The van der Waals surface area contributed by atoms with Crippen LogP contribution >= 0.6 is 0 Å². The summed E-state index contributed by atoms with van der Waals surface area (Å²) in [7, 11) is 1.68. The lowest BCUT2D eigenvalue weighted by atomic mass is 9.79. The van der Waals surface area contributed by atoms with Crippen LogP contribution in [0.15, 0.2) is 97.1 Å². The average molecular weight is 388 g/mol. The van der Waals surface area contributed by atoms with Crippen LogP contribution in [0.5, 0.6) is 5.75 Å². The number of hydrogen-bond acceptors (Lipinski definition) is 2. The molecule has 0 fully saturated rings. The number of hydrogen-bond donors (Lipinski definition) is 1. The van der Waals surface area contributed by atoms with Gasteiger partial charge in [0.05, 0.1) is 18.5 Å². The largest absolute Gasteiger partial charge is 0.497 e. The van der Waals surface area contributed by atoms with Gasteiger partial charge in [0, 0.05) is 16.7 Å². The normalized spacial score (nSPS) is 15.6. The van der Waals surface area contributed by atoms with Gasteiger partial charge in [0.25, 0.3) is 0 Å². The Labute approximate surface area is 177 Å². The van der Waals surface area contributed by atoms with E-state index in [0.29, 0.717) is 0 Å². The van der Waals surface area contributed by atoms with E-state index < -0.39 is 0 Å². The van der Waals surface area contributed by atoms with Crippen molar-refractivity contribution in [3.8, 4) is 5.75 Å². The molecule has 144 valence electrons. The van der Waals surface area contributed by atoms with Gasteiger partial charge in [-0.1, -0.05) is 78.9 Å². The van der Waals surface area contributed by atoms with E-state index in [4.69, 9.17) is 4.74 Å². The third-order valence-corrected chi connectivity index (χ3v) is 6.14. The summed E-state index contributed by atoms with van der Waals surface area (Å²) in [6.07, 6.45) is 0. The maximum atomic E-state index is 9.25. The van der Waals surface area contributed by atoms with E-state index in [9.17, 15) is 1.41 Å². The Morgan fingerprint density at radius 3 is 2.13 bits per heavy atom. The van der Waals surface area contributed by atoms with Crippen molar-refractivity contribution in [3.05, 3.63) is 114 Å². The Bertz CT molecular complexity index is 1440. The Kier molecular flexibility index (Phi) is 3.55. The van der Waals surface area contributed by atoms with E-state index in [0.717, 1.165) is 44.2 Å². The first kappa shape index (κ1) is 16.1. The van der Waals surface area contributed by atoms with Crippen molar-refractivity contribution in [2.75, 3.05) is 12.4 Å². The molecule has 2 nitrogen and oxygen atoms in total. The molecule has 0 saturated carbocycles. The summed E-state index contributed by atoms with van der Waals surface area (Å²) in [5.74, 6) is 0.897. The molecule has 0 saturated heterocycles. The minimum absolute atomic E-state index is 0.0731. The van der Waals surface area contributed by atoms with E-state index in [-0.39, 0.29) is 5.92 Å². The molecule has 6 rings (SSSR count). The SMILES string of the molecule is [2H]N1c2c(ccc3ccccc23)C(c2ccccc2)c2ccc3cc(OC)ccc3c21. The summed E-state index contributed by atoms with van der Waals surface area (Å²) in [5.41, 5.74) is 5.46. The van der Waals surface area contributed by atoms with Crippen LogP contribution in [0, 0.1) is 0 Å². The van der Waals surface area contributed by atoms with Crippen LogP contribution in [0.25, 0.3) is 21.5 Å². The third-order valence-electron chi connectivity index (χ3n) is 6.14. The second-order valence-corrected chi connectivity index (χ2v) is 7.77. The van der Waals surface area contributed by atoms with Crippen LogP contribution < -0.4 is 10.0 Å². The highest BCUT2D eigenvalue weighted by molar-refractivity contribution is 6.05. The zero-order valence-corrected chi connectivity index (χ0v) is 16.7. The van der Waals surface area contributed by atoms with E-state index in [1.54, 1.807) is 12.4 Å². The number of methoxy groups -OCH3 is 1. The van der Waals surface area contributed by atoms with Gasteiger partial charge in [0.15, 0.2) is 1.41 Å². The van der Waals surface area contributed by atoms with Crippen molar-refractivity contribution in [1.82, 2.24) is 0 Å². The second-order valence-electron chi connectivity index (χ2n) is 7.77. The topological polar surface area (TPSA) is 21.3 Å². The molecule has 0 aromatic heterocycles.